The van der Waals surface area contributed by atoms with Crippen LogP contribution in [0.25, 0.3) is 5.65 Å². The Labute approximate surface area is 184 Å². The van der Waals surface area contributed by atoms with Crippen LogP contribution in [0.4, 0.5) is 5.69 Å². The smallest absolute Gasteiger partial charge is 0.273 e. The Morgan fingerprint density at radius 3 is 3.06 bits per heavy atom. The van der Waals surface area contributed by atoms with Gasteiger partial charge in [0.15, 0.2) is 5.70 Å². The number of ether oxygens (including phenoxy) is 1. The fraction of sp³-hybridized carbons (Fsp3) is 0.318. The molecular formula is C22H24N8O2. The summed E-state index contributed by atoms with van der Waals surface area (Å²) in [6.07, 6.45) is 9.73. The van der Waals surface area contributed by atoms with E-state index in [-0.39, 0.29) is 12.2 Å². The summed E-state index contributed by atoms with van der Waals surface area (Å²) in [5.74, 6) is 0.941. The molecule has 4 heterocycles. The first-order valence-electron chi connectivity index (χ1n) is 10.6. The van der Waals surface area contributed by atoms with E-state index in [1.54, 1.807) is 12.3 Å². The minimum atomic E-state index is -0.463. The molecule has 1 amide bonds. The van der Waals surface area contributed by atoms with Crippen molar-refractivity contribution >= 4 is 17.2 Å². The highest BCUT2D eigenvalue weighted by atomic mass is 16.5. The number of carbonyl (C=O) groups excluding carboxylic acids is 1. The predicted octanol–water partition coefficient (Wildman–Crippen LogP) is 2.69. The molecule has 1 fully saturated rings. The lowest BCUT2D eigenvalue weighted by Gasteiger charge is -2.19. The van der Waals surface area contributed by atoms with Gasteiger partial charge in [0.25, 0.3) is 5.91 Å². The van der Waals surface area contributed by atoms with Crippen LogP contribution in [-0.4, -0.2) is 33.4 Å². The van der Waals surface area contributed by atoms with Gasteiger partial charge in [-0.25, -0.2) is 10.5 Å². The number of hydrogen-bond donors (Lipinski definition) is 4. The molecule has 0 radical (unpaired) electrons. The number of amides is 1. The molecule has 10 nitrogen and oxygen atoms in total. The van der Waals surface area contributed by atoms with Gasteiger partial charge < -0.3 is 25.1 Å². The maximum Gasteiger partial charge on any atom is 0.273 e. The molecule has 4 N–H and O–H groups in total. The van der Waals surface area contributed by atoms with Crippen molar-refractivity contribution in [2.24, 2.45) is 5.11 Å². The zero-order valence-corrected chi connectivity index (χ0v) is 17.5. The van der Waals surface area contributed by atoms with Crippen LogP contribution in [0.15, 0.2) is 53.8 Å². The molecule has 0 aromatic carbocycles. The van der Waals surface area contributed by atoms with Crippen molar-refractivity contribution in [1.82, 2.24) is 25.0 Å². The molecule has 0 spiro atoms. The molecular weight excluding hydrogens is 408 g/mol. The van der Waals surface area contributed by atoms with Gasteiger partial charge in [0.2, 0.25) is 0 Å². The van der Waals surface area contributed by atoms with Gasteiger partial charge in [-0.3, -0.25) is 9.78 Å². The monoisotopic (exact) mass is 432 g/mol. The summed E-state index contributed by atoms with van der Waals surface area (Å²) in [5, 5.41) is 12.3. The highest BCUT2D eigenvalue weighted by molar-refractivity contribution is 5.92. The summed E-state index contributed by atoms with van der Waals surface area (Å²) in [6, 6.07) is 5.96. The molecule has 1 aliphatic heterocycles. The summed E-state index contributed by atoms with van der Waals surface area (Å²) in [6.45, 7) is 1.96. The van der Waals surface area contributed by atoms with Crippen molar-refractivity contribution in [3.63, 3.8) is 0 Å². The second-order valence-corrected chi connectivity index (χ2v) is 7.89. The van der Waals surface area contributed by atoms with Gasteiger partial charge >= 0.3 is 0 Å². The number of pyridine rings is 2. The zero-order valence-electron chi connectivity index (χ0n) is 17.5. The Morgan fingerprint density at radius 1 is 1.31 bits per heavy atom. The van der Waals surface area contributed by atoms with Gasteiger partial charge in [0.05, 0.1) is 36.4 Å². The van der Waals surface area contributed by atoms with E-state index in [1.807, 2.05) is 16.7 Å². The van der Waals surface area contributed by atoms with E-state index >= 15 is 0 Å². The minimum Gasteiger partial charge on any atom is -0.489 e. The third-order valence-corrected chi connectivity index (χ3v) is 5.48. The van der Waals surface area contributed by atoms with Crippen molar-refractivity contribution in [1.29, 1.82) is 5.53 Å². The fourth-order valence-corrected chi connectivity index (χ4v) is 3.64. The lowest BCUT2D eigenvalue weighted by Crippen LogP contribution is -2.26. The SMILES string of the molecule is N=N/C(=C\NCc1cn2cc(C3CC3)ccc2n1)C(=O)NCc1cc2c(cn1)NCCO2. The predicted molar refractivity (Wildman–Crippen MR) is 117 cm³/mol. The van der Waals surface area contributed by atoms with E-state index in [0.717, 1.165) is 29.3 Å². The van der Waals surface area contributed by atoms with Gasteiger partial charge in [0.1, 0.15) is 18.0 Å². The van der Waals surface area contributed by atoms with Crippen LogP contribution >= 0.6 is 0 Å². The molecule has 0 saturated heterocycles. The standard InChI is InChI=1S/C22H24N8O2/c23-29-19(22(31)27-9-16-7-20-18(11-26-16)25-5-6-32-20)10-24-8-17-13-30-12-15(14-1-2-14)3-4-21(30)28-17/h3-4,7,10-14,23-25H,1-2,5-6,8-9H2,(H,27,31)/b19-10-,29-23?. The van der Waals surface area contributed by atoms with Crippen LogP contribution in [0.1, 0.15) is 35.7 Å². The van der Waals surface area contributed by atoms with E-state index in [0.29, 0.717) is 24.8 Å². The van der Waals surface area contributed by atoms with Gasteiger partial charge in [-0.05, 0) is 30.4 Å². The molecule has 0 unspecified atom stereocenters. The third-order valence-electron chi connectivity index (χ3n) is 5.48. The number of carbonyl (C=O) groups is 1. The molecule has 0 bridgehead atoms. The van der Waals surface area contributed by atoms with Gasteiger partial charge in [0, 0.05) is 31.2 Å². The van der Waals surface area contributed by atoms with Crippen LogP contribution in [0.5, 0.6) is 5.75 Å². The summed E-state index contributed by atoms with van der Waals surface area (Å²) in [4.78, 5) is 21.3. The zero-order chi connectivity index (χ0) is 21.9. The highest BCUT2D eigenvalue weighted by Crippen LogP contribution is 2.39. The maximum atomic E-state index is 12.4. The summed E-state index contributed by atoms with van der Waals surface area (Å²) in [7, 11) is 0. The number of hydrogen-bond acceptors (Lipinski definition) is 8. The first kappa shape index (κ1) is 20.0. The normalized spacial score (nSPS) is 15.4. The van der Waals surface area contributed by atoms with E-state index in [2.05, 4.69) is 43.3 Å². The number of aromatic nitrogens is 3. The maximum absolute atomic E-state index is 12.4. The van der Waals surface area contributed by atoms with E-state index in [4.69, 9.17) is 10.3 Å². The lowest BCUT2D eigenvalue weighted by molar-refractivity contribution is -0.117. The topological polar surface area (TPSA) is 129 Å². The van der Waals surface area contributed by atoms with Gasteiger partial charge in [-0.1, -0.05) is 6.07 Å². The molecule has 5 rings (SSSR count). The Hall–Kier alpha value is -3.95. The molecule has 1 aliphatic carbocycles. The number of nitrogens with one attached hydrogen (secondary N) is 4. The van der Waals surface area contributed by atoms with Crippen molar-refractivity contribution in [2.75, 3.05) is 18.5 Å². The summed E-state index contributed by atoms with van der Waals surface area (Å²) >= 11 is 0. The molecule has 2 aliphatic rings. The first-order valence-corrected chi connectivity index (χ1v) is 10.6. The van der Waals surface area contributed by atoms with Crippen molar-refractivity contribution in [3.05, 3.63) is 65.6 Å². The van der Waals surface area contributed by atoms with E-state index in [9.17, 15) is 4.79 Å². The lowest BCUT2D eigenvalue weighted by atomic mass is 10.2. The molecule has 0 atom stereocenters. The number of rotatable bonds is 8. The summed E-state index contributed by atoms with van der Waals surface area (Å²) in [5.41, 5.74) is 11.9. The second kappa shape index (κ2) is 8.66. The number of nitrogens with zero attached hydrogens (tertiary/aromatic N) is 4. The molecule has 164 valence electrons. The Kier molecular flexibility index (Phi) is 5.40. The molecule has 10 heteroatoms. The fourth-order valence-electron chi connectivity index (χ4n) is 3.64. The van der Waals surface area contributed by atoms with Gasteiger partial charge in [-0.2, -0.15) is 5.11 Å². The number of anilines is 1. The highest BCUT2D eigenvalue weighted by Gasteiger charge is 2.23. The minimum absolute atomic E-state index is 0.0272. The van der Waals surface area contributed by atoms with Crippen LogP contribution in [0.3, 0.4) is 0 Å². The Bertz CT molecular complexity index is 1200. The Balaban J connectivity index is 1.17. The largest absolute Gasteiger partial charge is 0.489 e. The quantitative estimate of drug-likeness (QED) is 0.320. The van der Waals surface area contributed by atoms with Crippen LogP contribution in [0.2, 0.25) is 0 Å². The molecule has 1 saturated carbocycles. The average Bonchev–Trinajstić information content (AvgIpc) is 3.59. The van der Waals surface area contributed by atoms with E-state index in [1.165, 1.54) is 24.6 Å². The number of fused-ring (bicyclic) bond motifs is 2. The molecule has 32 heavy (non-hydrogen) atoms. The van der Waals surface area contributed by atoms with Crippen LogP contribution in [0, 0.1) is 5.53 Å². The molecule has 3 aromatic heterocycles. The third kappa shape index (κ3) is 4.39. The average molecular weight is 432 g/mol. The van der Waals surface area contributed by atoms with E-state index < -0.39 is 5.91 Å². The van der Waals surface area contributed by atoms with Crippen LogP contribution < -0.4 is 20.7 Å². The Morgan fingerprint density at radius 2 is 2.22 bits per heavy atom. The summed E-state index contributed by atoms with van der Waals surface area (Å²) < 4.78 is 7.61. The van der Waals surface area contributed by atoms with Crippen molar-refractivity contribution in [3.8, 4) is 5.75 Å². The van der Waals surface area contributed by atoms with Crippen LogP contribution in [-0.2, 0) is 17.9 Å². The van der Waals surface area contributed by atoms with Gasteiger partial charge in [-0.15, -0.1) is 0 Å². The van der Waals surface area contributed by atoms with Crippen molar-refractivity contribution in [2.45, 2.75) is 31.8 Å². The molecule has 3 aromatic rings. The first-order chi connectivity index (χ1) is 15.7. The van der Waals surface area contributed by atoms with Crippen molar-refractivity contribution < 1.29 is 9.53 Å². The second-order valence-electron chi connectivity index (χ2n) is 7.89. The number of imidazole rings is 1.